The Labute approximate surface area is 159 Å². The van der Waals surface area contributed by atoms with Crippen molar-refractivity contribution in [3.05, 3.63) is 33.8 Å². The van der Waals surface area contributed by atoms with Gasteiger partial charge < -0.3 is 24.8 Å². The van der Waals surface area contributed by atoms with Crippen LogP contribution in [0.25, 0.3) is 0 Å². The molecule has 0 radical (unpaired) electrons. The third-order valence-electron chi connectivity index (χ3n) is 3.78. The molecule has 1 aliphatic rings. The Morgan fingerprint density at radius 3 is 2.78 bits per heavy atom. The summed E-state index contributed by atoms with van der Waals surface area (Å²) in [5.41, 5.74) is 1.53. The quantitative estimate of drug-likeness (QED) is 0.552. The Balaban J connectivity index is 1.58. The second-order valence-electron chi connectivity index (χ2n) is 5.65. The van der Waals surface area contributed by atoms with E-state index in [2.05, 4.69) is 25.3 Å². The van der Waals surface area contributed by atoms with E-state index >= 15 is 0 Å². The first-order chi connectivity index (χ1) is 13.0. The number of benzene rings is 1. The zero-order valence-electron chi connectivity index (χ0n) is 14.9. The van der Waals surface area contributed by atoms with E-state index in [0.29, 0.717) is 29.6 Å². The molecule has 146 valence electrons. The average molecular weight is 398 g/mol. The summed E-state index contributed by atoms with van der Waals surface area (Å²) in [7, 11) is 1.64. The summed E-state index contributed by atoms with van der Waals surface area (Å²) in [4.78, 5) is 8.54. The minimum Gasteiger partial charge on any atom is -0.454 e. The normalized spacial score (nSPS) is 13.1. The van der Waals surface area contributed by atoms with Crippen molar-refractivity contribution in [1.82, 2.24) is 15.6 Å². The number of hydrogen-bond acceptors (Lipinski definition) is 6. The zero-order valence-corrected chi connectivity index (χ0v) is 15.7. The van der Waals surface area contributed by atoms with Crippen molar-refractivity contribution in [2.45, 2.75) is 26.5 Å². The van der Waals surface area contributed by atoms with Gasteiger partial charge in [-0.05, 0) is 13.0 Å². The lowest BCUT2D eigenvalue weighted by molar-refractivity contribution is -0.0505. The molecule has 10 heteroatoms. The van der Waals surface area contributed by atoms with Gasteiger partial charge in [-0.2, -0.15) is 8.78 Å². The van der Waals surface area contributed by atoms with E-state index in [1.54, 1.807) is 24.5 Å². The van der Waals surface area contributed by atoms with Crippen LogP contribution in [0.15, 0.2) is 22.5 Å². The van der Waals surface area contributed by atoms with Gasteiger partial charge in [0, 0.05) is 43.6 Å². The van der Waals surface area contributed by atoms with Crippen molar-refractivity contribution in [2.24, 2.45) is 4.99 Å². The number of aliphatic imine (C=N–C) groups is 1. The maximum absolute atomic E-state index is 12.7. The molecule has 1 aromatic carbocycles. The SMILES string of the molecule is CN=C(NCCc1csc(C)n1)NCc1cc2c(cc1OC(F)F)OCO2. The van der Waals surface area contributed by atoms with Crippen LogP contribution in [0.5, 0.6) is 17.2 Å². The second-order valence-corrected chi connectivity index (χ2v) is 6.71. The van der Waals surface area contributed by atoms with Crippen LogP contribution in [0, 0.1) is 6.92 Å². The van der Waals surface area contributed by atoms with Crippen LogP contribution < -0.4 is 24.8 Å². The average Bonchev–Trinajstić information content (AvgIpc) is 3.25. The molecular formula is C17H20F2N4O3S. The molecular weight excluding hydrogens is 378 g/mol. The van der Waals surface area contributed by atoms with Gasteiger partial charge in [0.15, 0.2) is 17.5 Å². The third kappa shape index (κ3) is 5.19. The van der Waals surface area contributed by atoms with Crippen LogP contribution in [-0.4, -0.2) is 37.9 Å². The predicted octanol–water partition coefficient (Wildman–Crippen LogP) is 2.69. The monoisotopic (exact) mass is 398 g/mol. The first kappa shape index (κ1) is 19.2. The summed E-state index contributed by atoms with van der Waals surface area (Å²) in [6, 6.07) is 3.03. The summed E-state index contributed by atoms with van der Waals surface area (Å²) in [6.45, 7) is -0.0341. The van der Waals surface area contributed by atoms with Gasteiger partial charge in [0.05, 0.1) is 10.7 Å². The van der Waals surface area contributed by atoms with Gasteiger partial charge in [0.25, 0.3) is 0 Å². The number of halogens is 2. The van der Waals surface area contributed by atoms with Crippen LogP contribution in [0.2, 0.25) is 0 Å². The number of nitrogens with zero attached hydrogens (tertiary/aromatic N) is 2. The summed E-state index contributed by atoms with van der Waals surface area (Å²) < 4.78 is 40.5. The molecule has 0 saturated carbocycles. The molecule has 0 bridgehead atoms. The Bertz CT molecular complexity index is 813. The fraction of sp³-hybridized carbons (Fsp3) is 0.412. The van der Waals surface area contributed by atoms with E-state index in [9.17, 15) is 8.78 Å². The van der Waals surface area contributed by atoms with Crippen LogP contribution in [0.3, 0.4) is 0 Å². The second kappa shape index (κ2) is 8.85. The molecule has 2 N–H and O–H groups in total. The Hall–Kier alpha value is -2.62. The van der Waals surface area contributed by atoms with Gasteiger partial charge in [0.2, 0.25) is 6.79 Å². The number of aromatic nitrogens is 1. The van der Waals surface area contributed by atoms with Crippen LogP contribution >= 0.6 is 11.3 Å². The summed E-state index contributed by atoms with van der Waals surface area (Å²) in [6.07, 6.45) is 0.759. The lowest BCUT2D eigenvalue weighted by Crippen LogP contribution is -2.38. The largest absolute Gasteiger partial charge is 0.454 e. The number of fused-ring (bicyclic) bond motifs is 1. The van der Waals surface area contributed by atoms with Gasteiger partial charge in [0.1, 0.15) is 5.75 Å². The molecule has 1 aliphatic heterocycles. The van der Waals surface area contributed by atoms with Gasteiger partial charge in [-0.1, -0.05) is 0 Å². The topological polar surface area (TPSA) is 77.0 Å². The lowest BCUT2D eigenvalue weighted by atomic mass is 10.1. The van der Waals surface area contributed by atoms with Gasteiger partial charge in [-0.15, -0.1) is 11.3 Å². The van der Waals surface area contributed by atoms with Gasteiger partial charge in [-0.25, -0.2) is 4.98 Å². The maximum Gasteiger partial charge on any atom is 0.387 e. The molecule has 7 nitrogen and oxygen atoms in total. The number of ether oxygens (including phenoxy) is 3. The predicted molar refractivity (Wildman–Crippen MR) is 98.0 cm³/mol. The first-order valence-corrected chi connectivity index (χ1v) is 9.16. The minimum atomic E-state index is -2.93. The van der Waals surface area contributed by atoms with E-state index in [1.165, 1.54) is 6.07 Å². The smallest absolute Gasteiger partial charge is 0.387 e. The highest BCUT2D eigenvalue weighted by atomic mass is 32.1. The Kier molecular flexibility index (Phi) is 6.28. The molecule has 0 amide bonds. The Morgan fingerprint density at radius 1 is 1.33 bits per heavy atom. The molecule has 0 saturated heterocycles. The number of aryl methyl sites for hydroxylation is 1. The van der Waals surface area contributed by atoms with Crippen molar-refractivity contribution in [2.75, 3.05) is 20.4 Å². The van der Waals surface area contributed by atoms with Gasteiger partial charge >= 0.3 is 6.61 Å². The number of alkyl halides is 2. The maximum atomic E-state index is 12.7. The summed E-state index contributed by atoms with van der Waals surface area (Å²) in [5.74, 6) is 1.46. The van der Waals surface area contributed by atoms with E-state index in [-0.39, 0.29) is 19.1 Å². The van der Waals surface area contributed by atoms with Crippen LogP contribution in [0.1, 0.15) is 16.3 Å². The number of thiazole rings is 1. The molecule has 0 spiro atoms. The molecule has 1 aromatic heterocycles. The lowest BCUT2D eigenvalue weighted by Gasteiger charge is -2.15. The fourth-order valence-electron chi connectivity index (χ4n) is 2.54. The minimum absolute atomic E-state index is 0.0372. The van der Waals surface area contributed by atoms with Crippen LogP contribution in [-0.2, 0) is 13.0 Å². The van der Waals surface area contributed by atoms with E-state index in [0.717, 1.165) is 17.1 Å². The van der Waals surface area contributed by atoms with Crippen molar-refractivity contribution in [3.63, 3.8) is 0 Å². The van der Waals surface area contributed by atoms with Crippen molar-refractivity contribution in [3.8, 4) is 17.2 Å². The third-order valence-corrected chi connectivity index (χ3v) is 4.60. The number of rotatable bonds is 7. The standard InChI is InChI=1S/C17H20F2N4O3S/c1-10-23-12(8-27-10)3-4-21-17(20-2)22-7-11-5-14-15(25-9-24-14)6-13(11)26-16(18)19/h5-6,8,16H,3-4,7,9H2,1-2H3,(H2,20,21,22). The summed E-state index contributed by atoms with van der Waals surface area (Å²) in [5, 5.41) is 9.30. The van der Waals surface area contributed by atoms with Crippen LogP contribution in [0.4, 0.5) is 8.78 Å². The van der Waals surface area contributed by atoms with E-state index in [4.69, 9.17) is 9.47 Å². The van der Waals surface area contributed by atoms with Crippen molar-refractivity contribution < 1.29 is 23.0 Å². The van der Waals surface area contributed by atoms with E-state index < -0.39 is 6.61 Å². The summed E-state index contributed by atoms with van der Waals surface area (Å²) >= 11 is 1.61. The molecule has 0 aliphatic carbocycles. The zero-order chi connectivity index (χ0) is 19.2. The molecule has 2 aromatic rings. The molecule has 3 rings (SSSR count). The fourth-order valence-corrected chi connectivity index (χ4v) is 3.19. The highest BCUT2D eigenvalue weighted by Gasteiger charge is 2.20. The highest BCUT2D eigenvalue weighted by molar-refractivity contribution is 7.09. The Morgan fingerprint density at radius 2 is 2.11 bits per heavy atom. The molecule has 27 heavy (non-hydrogen) atoms. The van der Waals surface area contributed by atoms with E-state index in [1.807, 2.05) is 12.3 Å². The number of nitrogens with one attached hydrogen (secondary N) is 2. The van der Waals surface area contributed by atoms with Crippen molar-refractivity contribution in [1.29, 1.82) is 0 Å². The number of guanidine groups is 1. The van der Waals surface area contributed by atoms with Gasteiger partial charge in [-0.3, -0.25) is 4.99 Å². The molecule has 0 atom stereocenters. The first-order valence-electron chi connectivity index (χ1n) is 8.28. The number of hydrogen-bond donors (Lipinski definition) is 2. The van der Waals surface area contributed by atoms with Crippen molar-refractivity contribution >= 4 is 17.3 Å². The molecule has 0 fully saturated rings. The molecule has 2 heterocycles. The highest BCUT2D eigenvalue weighted by Crippen LogP contribution is 2.38. The molecule has 0 unspecified atom stereocenters.